The molecule has 0 atom stereocenters. The Morgan fingerprint density at radius 2 is 1.08 bits per heavy atom. The molecule has 2 heterocycles. The number of hydrogen-bond donors (Lipinski definition) is 0. The normalized spacial score (nSPS) is 11.5. The quantitative estimate of drug-likeness (QED) is 0.179. The van der Waals surface area contributed by atoms with Gasteiger partial charge in [-0.2, -0.15) is 0 Å². The Morgan fingerprint density at radius 3 is 1.88 bits per heavy atom. The number of hydrogen-bond acceptors (Lipinski definition) is 3. The van der Waals surface area contributed by atoms with Crippen LogP contribution in [0.5, 0.6) is 0 Å². The summed E-state index contributed by atoms with van der Waals surface area (Å²) in [5.41, 5.74) is 11.7. The van der Waals surface area contributed by atoms with Gasteiger partial charge in [0.05, 0.1) is 11.0 Å². The number of aromatic nitrogens is 2. The van der Waals surface area contributed by atoms with E-state index in [1.165, 1.54) is 21.8 Å². The molecule has 0 bridgehead atoms. The van der Waals surface area contributed by atoms with Crippen LogP contribution in [0.25, 0.3) is 71.9 Å². The van der Waals surface area contributed by atoms with Crippen molar-refractivity contribution in [3.63, 3.8) is 0 Å². The predicted molar refractivity (Wildman–Crippen MR) is 211 cm³/mol. The summed E-state index contributed by atoms with van der Waals surface area (Å²) < 4.78 is 8.73. The first-order chi connectivity index (χ1) is 25.3. The van der Waals surface area contributed by atoms with Gasteiger partial charge in [-0.3, -0.25) is 0 Å². The van der Waals surface area contributed by atoms with Crippen LogP contribution in [0, 0.1) is 0 Å². The van der Waals surface area contributed by atoms with E-state index in [0.29, 0.717) is 5.89 Å². The molecular formula is C47H31N3O. The smallest absolute Gasteiger partial charge is 0.227 e. The van der Waals surface area contributed by atoms with Crippen LogP contribution in [-0.4, -0.2) is 9.55 Å². The van der Waals surface area contributed by atoms with E-state index in [4.69, 9.17) is 9.40 Å². The molecule has 0 aliphatic heterocycles. The fourth-order valence-electron chi connectivity index (χ4n) is 7.47. The molecule has 10 aromatic rings. The molecule has 0 unspecified atom stereocenters. The molecule has 0 spiro atoms. The van der Waals surface area contributed by atoms with Crippen LogP contribution in [0.15, 0.2) is 192 Å². The van der Waals surface area contributed by atoms with E-state index in [1.54, 1.807) is 0 Å². The Labute approximate surface area is 295 Å². The Balaban J connectivity index is 1.08. The lowest BCUT2D eigenvalue weighted by atomic mass is 9.97. The Kier molecular flexibility index (Phi) is 6.78. The molecule has 4 nitrogen and oxygen atoms in total. The third-order valence-corrected chi connectivity index (χ3v) is 9.81. The lowest BCUT2D eigenvalue weighted by Crippen LogP contribution is -2.09. The molecule has 51 heavy (non-hydrogen) atoms. The zero-order chi connectivity index (χ0) is 33.7. The van der Waals surface area contributed by atoms with Gasteiger partial charge in [0.2, 0.25) is 5.89 Å². The van der Waals surface area contributed by atoms with Gasteiger partial charge in [-0.1, -0.05) is 109 Å². The zero-order valence-corrected chi connectivity index (χ0v) is 27.6. The first-order valence-electron chi connectivity index (χ1n) is 17.2. The summed E-state index contributed by atoms with van der Waals surface area (Å²) in [4.78, 5) is 7.14. The topological polar surface area (TPSA) is 34.2 Å². The maximum atomic E-state index is 6.37. The largest absolute Gasteiger partial charge is 0.435 e. The molecule has 0 fully saturated rings. The van der Waals surface area contributed by atoms with Crippen molar-refractivity contribution in [3.8, 4) is 28.3 Å². The minimum Gasteiger partial charge on any atom is -0.435 e. The molecule has 4 heteroatoms. The van der Waals surface area contributed by atoms with Crippen molar-refractivity contribution in [1.29, 1.82) is 0 Å². The van der Waals surface area contributed by atoms with Crippen molar-refractivity contribution < 1.29 is 4.42 Å². The number of fused-ring (bicyclic) bond motifs is 6. The van der Waals surface area contributed by atoms with Gasteiger partial charge in [-0.25, -0.2) is 4.98 Å². The molecule has 0 N–H and O–H groups in total. The lowest BCUT2D eigenvalue weighted by Gasteiger charge is -2.26. The highest BCUT2D eigenvalue weighted by Gasteiger charge is 2.18. The first kappa shape index (κ1) is 29.0. The second-order valence-electron chi connectivity index (χ2n) is 12.8. The highest BCUT2D eigenvalue weighted by Crippen LogP contribution is 2.41. The third-order valence-electron chi connectivity index (χ3n) is 9.81. The molecule has 0 aliphatic rings. The van der Waals surface area contributed by atoms with Gasteiger partial charge in [0.25, 0.3) is 0 Å². The van der Waals surface area contributed by atoms with Crippen LogP contribution in [0.1, 0.15) is 0 Å². The minimum absolute atomic E-state index is 0.636. The molecular weight excluding hydrogens is 623 g/mol. The van der Waals surface area contributed by atoms with Crippen LogP contribution in [0.4, 0.5) is 17.1 Å². The molecule has 0 saturated carbocycles. The number of benzene rings is 8. The number of oxazole rings is 1. The van der Waals surface area contributed by atoms with Crippen LogP contribution in [0.2, 0.25) is 0 Å². The van der Waals surface area contributed by atoms with Crippen LogP contribution >= 0.6 is 0 Å². The third kappa shape index (κ3) is 4.88. The van der Waals surface area contributed by atoms with Crippen LogP contribution in [-0.2, 0) is 0 Å². The van der Waals surface area contributed by atoms with E-state index >= 15 is 0 Å². The molecule has 0 radical (unpaired) electrons. The van der Waals surface area contributed by atoms with Gasteiger partial charge in [0, 0.05) is 44.5 Å². The molecule has 2 aromatic heterocycles. The Bertz CT molecular complexity index is 2840. The van der Waals surface area contributed by atoms with Crippen LogP contribution < -0.4 is 4.90 Å². The lowest BCUT2D eigenvalue weighted by molar-refractivity contribution is 0.623. The van der Waals surface area contributed by atoms with E-state index in [2.05, 4.69) is 167 Å². The molecule has 0 saturated heterocycles. The van der Waals surface area contributed by atoms with Gasteiger partial charge in [-0.15, -0.1) is 0 Å². The van der Waals surface area contributed by atoms with E-state index in [0.717, 1.165) is 61.3 Å². The van der Waals surface area contributed by atoms with Crippen molar-refractivity contribution in [3.05, 3.63) is 188 Å². The standard InChI is InChI=1S/C47H31N3O/c1-4-13-33(14-5-1)47-48-43-29-28-39-38(20-12-21-41(39)46(43)51-47)32-23-25-36(26-24-32)49(34-15-6-2-7-16-34)37-27-30-45-42(31-37)40-19-10-11-22-44(40)50(45)35-17-8-3-9-18-35/h1-31H. The summed E-state index contributed by atoms with van der Waals surface area (Å²) in [6.07, 6.45) is 0. The summed E-state index contributed by atoms with van der Waals surface area (Å²) in [5, 5.41) is 4.63. The number of nitrogens with zero attached hydrogens (tertiary/aromatic N) is 3. The SMILES string of the molecule is c1ccc(-c2nc3ccc4c(-c5ccc(N(c6ccccc6)c6ccc7c(c6)c6ccccc6n7-c6ccccc6)cc5)cccc4c3o2)cc1. The summed E-state index contributed by atoms with van der Waals surface area (Å²) in [7, 11) is 0. The molecule has 10 rings (SSSR count). The van der Waals surface area contributed by atoms with E-state index in [-0.39, 0.29) is 0 Å². The highest BCUT2D eigenvalue weighted by molar-refractivity contribution is 6.11. The predicted octanol–water partition coefficient (Wildman–Crippen LogP) is 12.9. The van der Waals surface area contributed by atoms with Crippen molar-refractivity contribution in [2.24, 2.45) is 0 Å². The fraction of sp³-hybridized carbons (Fsp3) is 0. The number of para-hydroxylation sites is 3. The monoisotopic (exact) mass is 653 g/mol. The van der Waals surface area contributed by atoms with E-state index in [9.17, 15) is 0 Å². The summed E-state index contributed by atoms with van der Waals surface area (Å²) in [6.45, 7) is 0. The van der Waals surface area contributed by atoms with Gasteiger partial charge in [0.1, 0.15) is 5.52 Å². The summed E-state index contributed by atoms with van der Waals surface area (Å²) in [5.74, 6) is 0.636. The van der Waals surface area contributed by atoms with Crippen molar-refractivity contribution in [2.75, 3.05) is 4.90 Å². The minimum atomic E-state index is 0.636. The van der Waals surface area contributed by atoms with E-state index in [1.807, 2.05) is 30.3 Å². The highest BCUT2D eigenvalue weighted by atomic mass is 16.3. The fourth-order valence-corrected chi connectivity index (χ4v) is 7.47. The Hall–Kier alpha value is -6.91. The molecule has 0 aliphatic carbocycles. The van der Waals surface area contributed by atoms with Gasteiger partial charge in [-0.05, 0) is 95.4 Å². The van der Waals surface area contributed by atoms with Gasteiger partial charge < -0.3 is 13.9 Å². The summed E-state index contributed by atoms with van der Waals surface area (Å²) >= 11 is 0. The molecule has 8 aromatic carbocycles. The van der Waals surface area contributed by atoms with Crippen molar-refractivity contribution >= 4 is 60.7 Å². The van der Waals surface area contributed by atoms with E-state index < -0.39 is 0 Å². The maximum absolute atomic E-state index is 6.37. The number of rotatable bonds is 6. The zero-order valence-electron chi connectivity index (χ0n) is 27.6. The van der Waals surface area contributed by atoms with Gasteiger partial charge >= 0.3 is 0 Å². The van der Waals surface area contributed by atoms with Crippen LogP contribution in [0.3, 0.4) is 0 Å². The molecule has 0 amide bonds. The van der Waals surface area contributed by atoms with Crippen molar-refractivity contribution in [2.45, 2.75) is 0 Å². The second kappa shape index (κ2) is 11.9. The maximum Gasteiger partial charge on any atom is 0.227 e. The Morgan fingerprint density at radius 1 is 0.431 bits per heavy atom. The average molecular weight is 654 g/mol. The number of anilines is 3. The average Bonchev–Trinajstić information content (AvgIpc) is 3.79. The van der Waals surface area contributed by atoms with Gasteiger partial charge in [0.15, 0.2) is 5.58 Å². The summed E-state index contributed by atoms with van der Waals surface area (Å²) in [6, 6.07) is 66.3. The molecule has 240 valence electrons. The second-order valence-corrected chi connectivity index (χ2v) is 12.8. The van der Waals surface area contributed by atoms with Crippen molar-refractivity contribution in [1.82, 2.24) is 9.55 Å². The first-order valence-corrected chi connectivity index (χ1v) is 17.2.